The van der Waals surface area contributed by atoms with Gasteiger partial charge in [0.25, 0.3) is 0 Å². The minimum absolute atomic E-state index is 0.166. The Labute approximate surface area is 116 Å². The molecule has 106 valence electrons. The van der Waals surface area contributed by atoms with Gasteiger partial charge in [-0.2, -0.15) is 0 Å². The average Bonchev–Trinajstić information content (AvgIpc) is 2.89. The zero-order valence-electron chi connectivity index (χ0n) is 11.2. The summed E-state index contributed by atoms with van der Waals surface area (Å²) in [6, 6.07) is 8.49. The first-order valence-electron chi connectivity index (χ1n) is 6.30. The number of aliphatic hydroxyl groups is 1. The molecule has 0 bridgehead atoms. The fourth-order valence-corrected chi connectivity index (χ4v) is 1.79. The van der Waals surface area contributed by atoms with Crippen LogP contribution < -0.4 is 10.6 Å². The molecule has 0 fully saturated rings. The van der Waals surface area contributed by atoms with E-state index in [0.29, 0.717) is 11.5 Å². The fourth-order valence-electron chi connectivity index (χ4n) is 1.79. The number of aliphatic hydroxyl groups excluding tert-OH is 1. The molecule has 0 spiro atoms. The zero-order chi connectivity index (χ0) is 14.4. The van der Waals surface area contributed by atoms with E-state index in [9.17, 15) is 9.90 Å². The van der Waals surface area contributed by atoms with E-state index < -0.39 is 6.04 Å². The maximum absolute atomic E-state index is 11.8. The quantitative estimate of drug-likeness (QED) is 0.772. The lowest BCUT2D eigenvalue weighted by molar-refractivity contribution is 0.216. The molecule has 0 radical (unpaired) electrons. The summed E-state index contributed by atoms with van der Waals surface area (Å²) >= 11 is 0. The molecule has 1 aromatic heterocycles. The first-order valence-corrected chi connectivity index (χ1v) is 6.30. The van der Waals surface area contributed by atoms with Gasteiger partial charge < -0.3 is 20.2 Å². The van der Waals surface area contributed by atoms with Crippen molar-refractivity contribution in [3.8, 4) is 0 Å². The van der Waals surface area contributed by atoms with Gasteiger partial charge in [-0.25, -0.2) is 9.78 Å². The van der Waals surface area contributed by atoms with Crippen LogP contribution in [-0.4, -0.2) is 22.7 Å². The van der Waals surface area contributed by atoms with Gasteiger partial charge >= 0.3 is 6.03 Å². The van der Waals surface area contributed by atoms with Crippen LogP contribution in [0.3, 0.4) is 0 Å². The Bertz CT molecular complexity index is 554. The molecular formula is C14H17N3O3. The van der Waals surface area contributed by atoms with Crippen molar-refractivity contribution in [2.45, 2.75) is 19.5 Å². The van der Waals surface area contributed by atoms with E-state index in [1.807, 2.05) is 30.3 Å². The standard InChI is InChI=1S/C14H17N3O3/c1-10-12(16-9-20-10)7-15-14(19)17-13(8-18)11-5-3-2-4-6-11/h2-6,9,13,18H,7-8H2,1H3,(H2,15,17,19)/t13-/m1/s1. The number of nitrogens with zero attached hydrogens (tertiary/aromatic N) is 1. The predicted octanol–water partition coefficient (Wildman–Crippen LogP) is 1.52. The van der Waals surface area contributed by atoms with Gasteiger partial charge in [-0.15, -0.1) is 0 Å². The number of carbonyl (C=O) groups excluding carboxylic acids is 1. The van der Waals surface area contributed by atoms with Gasteiger partial charge in [0.05, 0.1) is 19.2 Å². The molecule has 0 aliphatic heterocycles. The lowest BCUT2D eigenvalue weighted by Crippen LogP contribution is -2.39. The van der Waals surface area contributed by atoms with Crippen molar-refractivity contribution < 1.29 is 14.3 Å². The highest BCUT2D eigenvalue weighted by atomic mass is 16.3. The van der Waals surface area contributed by atoms with Crippen LogP contribution in [0.4, 0.5) is 4.79 Å². The molecule has 1 heterocycles. The van der Waals surface area contributed by atoms with Gasteiger partial charge in [0, 0.05) is 0 Å². The fraction of sp³-hybridized carbons (Fsp3) is 0.286. The van der Waals surface area contributed by atoms with Gasteiger partial charge in [0.1, 0.15) is 11.5 Å². The van der Waals surface area contributed by atoms with Crippen molar-refractivity contribution in [2.24, 2.45) is 0 Å². The minimum atomic E-state index is -0.436. The normalized spacial score (nSPS) is 11.9. The molecule has 0 aliphatic carbocycles. The number of rotatable bonds is 5. The molecule has 0 saturated carbocycles. The molecule has 6 nitrogen and oxygen atoms in total. The van der Waals surface area contributed by atoms with Crippen molar-refractivity contribution in [1.82, 2.24) is 15.6 Å². The summed E-state index contributed by atoms with van der Waals surface area (Å²) in [5.41, 5.74) is 1.53. The third-order valence-corrected chi connectivity index (χ3v) is 2.95. The molecule has 0 unspecified atom stereocenters. The summed E-state index contributed by atoms with van der Waals surface area (Å²) in [5, 5.41) is 14.7. The lowest BCUT2D eigenvalue weighted by Gasteiger charge is -2.17. The molecule has 3 N–H and O–H groups in total. The lowest BCUT2D eigenvalue weighted by atomic mass is 10.1. The molecule has 2 aromatic rings. The van der Waals surface area contributed by atoms with Gasteiger partial charge in [-0.3, -0.25) is 0 Å². The van der Waals surface area contributed by atoms with Crippen molar-refractivity contribution >= 4 is 6.03 Å². The molecule has 1 aromatic carbocycles. The highest BCUT2D eigenvalue weighted by Gasteiger charge is 2.13. The molecule has 0 saturated heterocycles. The van der Waals surface area contributed by atoms with Crippen molar-refractivity contribution in [1.29, 1.82) is 0 Å². The van der Waals surface area contributed by atoms with E-state index >= 15 is 0 Å². The SMILES string of the molecule is Cc1ocnc1CNC(=O)N[C@H](CO)c1ccccc1. The Morgan fingerprint density at radius 2 is 2.15 bits per heavy atom. The molecule has 20 heavy (non-hydrogen) atoms. The first-order chi connectivity index (χ1) is 9.70. The molecule has 2 amide bonds. The average molecular weight is 275 g/mol. The number of oxazole rings is 1. The van der Waals surface area contributed by atoms with Crippen molar-refractivity contribution in [2.75, 3.05) is 6.61 Å². The Morgan fingerprint density at radius 1 is 1.40 bits per heavy atom. The molecule has 0 aliphatic rings. The number of urea groups is 1. The number of aryl methyl sites for hydroxylation is 1. The highest BCUT2D eigenvalue weighted by Crippen LogP contribution is 2.11. The third kappa shape index (κ3) is 3.58. The molecule has 6 heteroatoms. The van der Waals surface area contributed by atoms with E-state index in [0.717, 1.165) is 5.56 Å². The second-order valence-electron chi connectivity index (χ2n) is 4.33. The van der Waals surface area contributed by atoms with E-state index in [4.69, 9.17) is 4.42 Å². The van der Waals surface area contributed by atoms with Crippen LogP contribution in [-0.2, 0) is 6.54 Å². The van der Waals surface area contributed by atoms with Crippen LogP contribution in [0.15, 0.2) is 41.1 Å². The summed E-state index contributed by atoms with van der Waals surface area (Å²) in [6.07, 6.45) is 1.34. The summed E-state index contributed by atoms with van der Waals surface area (Å²) in [6.45, 7) is 1.89. The van der Waals surface area contributed by atoms with Crippen LogP contribution in [0, 0.1) is 6.92 Å². The maximum Gasteiger partial charge on any atom is 0.315 e. The second kappa shape index (κ2) is 6.72. The van der Waals surface area contributed by atoms with Crippen molar-refractivity contribution in [3.63, 3.8) is 0 Å². The predicted molar refractivity (Wildman–Crippen MR) is 72.9 cm³/mol. The summed E-state index contributed by atoms with van der Waals surface area (Å²) < 4.78 is 5.05. The van der Waals surface area contributed by atoms with Gasteiger partial charge in [-0.1, -0.05) is 30.3 Å². The number of nitrogens with one attached hydrogen (secondary N) is 2. The zero-order valence-corrected chi connectivity index (χ0v) is 11.2. The molecule has 2 rings (SSSR count). The largest absolute Gasteiger partial charge is 0.448 e. The van der Waals surface area contributed by atoms with E-state index in [1.54, 1.807) is 6.92 Å². The van der Waals surface area contributed by atoms with Crippen LogP contribution in [0.2, 0.25) is 0 Å². The van der Waals surface area contributed by atoms with Gasteiger partial charge in [0.15, 0.2) is 6.39 Å². The number of benzene rings is 1. The molecule has 1 atom stereocenters. The number of carbonyl (C=O) groups is 1. The Balaban J connectivity index is 1.88. The highest BCUT2D eigenvalue weighted by molar-refractivity contribution is 5.74. The number of aromatic nitrogens is 1. The number of hydrogen-bond donors (Lipinski definition) is 3. The monoisotopic (exact) mass is 275 g/mol. The first kappa shape index (κ1) is 14.1. The summed E-state index contributed by atoms with van der Waals surface area (Å²) in [7, 11) is 0. The van der Waals surface area contributed by atoms with E-state index in [1.165, 1.54) is 6.39 Å². The Hall–Kier alpha value is -2.34. The second-order valence-corrected chi connectivity index (χ2v) is 4.33. The van der Waals surface area contributed by atoms with E-state index in [2.05, 4.69) is 15.6 Å². The van der Waals surface area contributed by atoms with Gasteiger partial charge in [-0.05, 0) is 12.5 Å². The summed E-state index contributed by atoms with van der Waals surface area (Å²) in [4.78, 5) is 15.8. The van der Waals surface area contributed by atoms with Crippen LogP contribution >= 0.6 is 0 Å². The van der Waals surface area contributed by atoms with Crippen LogP contribution in [0.25, 0.3) is 0 Å². The van der Waals surface area contributed by atoms with E-state index in [-0.39, 0.29) is 19.2 Å². The smallest absolute Gasteiger partial charge is 0.315 e. The molecular weight excluding hydrogens is 258 g/mol. The third-order valence-electron chi connectivity index (χ3n) is 2.95. The Kier molecular flexibility index (Phi) is 4.73. The van der Waals surface area contributed by atoms with Crippen LogP contribution in [0.5, 0.6) is 0 Å². The minimum Gasteiger partial charge on any atom is -0.448 e. The van der Waals surface area contributed by atoms with Crippen LogP contribution in [0.1, 0.15) is 23.1 Å². The van der Waals surface area contributed by atoms with Crippen molar-refractivity contribution in [3.05, 3.63) is 53.7 Å². The van der Waals surface area contributed by atoms with Gasteiger partial charge in [0.2, 0.25) is 0 Å². The topological polar surface area (TPSA) is 87.4 Å². The summed E-state index contributed by atoms with van der Waals surface area (Å²) in [5.74, 6) is 0.673. The maximum atomic E-state index is 11.8. The number of hydrogen-bond acceptors (Lipinski definition) is 4. The Morgan fingerprint density at radius 3 is 2.75 bits per heavy atom. The number of amides is 2.